The van der Waals surface area contributed by atoms with Crippen molar-refractivity contribution in [2.75, 3.05) is 0 Å². The lowest BCUT2D eigenvalue weighted by Crippen LogP contribution is -2.24. The predicted molar refractivity (Wildman–Crippen MR) is 70.3 cm³/mol. The van der Waals surface area contributed by atoms with Crippen LogP contribution in [-0.4, -0.2) is 16.0 Å². The molecule has 0 fully saturated rings. The predicted octanol–water partition coefficient (Wildman–Crippen LogP) is 3.35. The van der Waals surface area contributed by atoms with Gasteiger partial charge in [-0.2, -0.15) is 0 Å². The summed E-state index contributed by atoms with van der Waals surface area (Å²) in [6.07, 6.45) is 1.07. The summed E-state index contributed by atoms with van der Waals surface area (Å²) in [4.78, 5) is 7.51. The van der Waals surface area contributed by atoms with Crippen LogP contribution in [0.2, 0.25) is 0 Å². The molecule has 3 nitrogen and oxygen atoms in total. The van der Waals surface area contributed by atoms with Crippen LogP contribution in [0.1, 0.15) is 26.1 Å². The average Bonchev–Trinajstić information content (AvgIpc) is 2.68. The topological polar surface area (TPSA) is 40.7 Å². The monoisotopic (exact) mass is 299 g/mol. The Morgan fingerprint density at radius 3 is 3.00 bits per heavy atom. The Kier molecular flexibility index (Phi) is 3.79. The van der Waals surface area contributed by atoms with Crippen molar-refractivity contribution in [3.8, 4) is 0 Å². The molecule has 2 rings (SSSR count). The number of nitrogens with one attached hydrogen (secondary N) is 2. The van der Waals surface area contributed by atoms with E-state index in [1.807, 2.05) is 0 Å². The van der Waals surface area contributed by atoms with Crippen molar-refractivity contribution in [1.29, 1.82) is 0 Å². The van der Waals surface area contributed by atoms with Gasteiger partial charge in [0.05, 0.1) is 22.1 Å². The van der Waals surface area contributed by atoms with Crippen molar-refractivity contribution in [3.05, 3.63) is 28.2 Å². The highest BCUT2D eigenvalue weighted by molar-refractivity contribution is 9.10. The number of aromatic amines is 1. The van der Waals surface area contributed by atoms with Gasteiger partial charge in [0.1, 0.15) is 11.6 Å². The third-order valence-corrected chi connectivity index (χ3v) is 3.41. The number of hydrogen-bond acceptors (Lipinski definition) is 2. The molecule has 0 saturated carbocycles. The minimum absolute atomic E-state index is 0.275. The van der Waals surface area contributed by atoms with E-state index in [0.717, 1.165) is 23.3 Å². The molecule has 0 aliphatic heterocycles. The van der Waals surface area contributed by atoms with E-state index >= 15 is 0 Å². The van der Waals surface area contributed by atoms with Gasteiger partial charge in [-0.05, 0) is 35.3 Å². The third kappa shape index (κ3) is 2.84. The number of H-pyrrole nitrogens is 1. The van der Waals surface area contributed by atoms with Gasteiger partial charge < -0.3 is 10.3 Å². The van der Waals surface area contributed by atoms with Gasteiger partial charge in [-0.15, -0.1) is 0 Å². The minimum Gasteiger partial charge on any atom is -0.341 e. The standard InChI is InChI=1S/C12H15BrFN3/c1-3-7(2)15-6-12-16-10-4-8(13)9(14)5-11(10)17-12/h4-5,7,15H,3,6H2,1-2H3,(H,16,17). The maximum absolute atomic E-state index is 13.3. The van der Waals surface area contributed by atoms with E-state index in [1.165, 1.54) is 6.07 Å². The number of rotatable bonds is 4. The minimum atomic E-state index is -0.275. The zero-order valence-electron chi connectivity index (χ0n) is 9.85. The molecule has 1 atom stereocenters. The second-order valence-corrected chi connectivity index (χ2v) is 5.01. The van der Waals surface area contributed by atoms with E-state index < -0.39 is 0 Å². The van der Waals surface area contributed by atoms with Gasteiger partial charge in [-0.1, -0.05) is 6.92 Å². The number of imidazole rings is 1. The summed E-state index contributed by atoms with van der Waals surface area (Å²) in [6, 6.07) is 3.60. The zero-order chi connectivity index (χ0) is 12.4. The maximum atomic E-state index is 13.3. The Balaban J connectivity index is 2.20. The van der Waals surface area contributed by atoms with Gasteiger partial charge >= 0.3 is 0 Å². The largest absolute Gasteiger partial charge is 0.341 e. The van der Waals surface area contributed by atoms with Crippen LogP contribution in [0.3, 0.4) is 0 Å². The molecule has 5 heteroatoms. The first kappa shape index (κ1) is 12.5. The molecular formula is C12H15BrFN3. The fraction of sp³-hybridized carbons (Fsp3) is 0.417. The Labute approximate surface area is 108 Å². The lowest BCUT2D eigenvalue weighted by Gasteiger charge is -2.08. The molecule has 0 radical (unpaired) electrons. The average molecular weight is 300 g/mol. The first-order chi connectivity index (χ1) is 8.10. The molecule has 0 aliphatic rings. The van der Waals surface area contributed by atoms with Crippen LogP contribution >= 0.6 is 15.9 Å². The molecule has 1 aromatic heterocycles. The fourth-order valence-corrected chi connectivity index (χ4v) is 1.89. The van der Waals surface area contributed by atoms with Crippen molar-refractivity contribution in [2.45, 2.75) is 32.9 Å². The number of benzene rings is 1. The second kappa shape index (κ2) is 5.14. The van der Waals surface area contributed by atoms with Gasteiger partial charge in [0, 0.05) is 12.1 Å². The first-order valence-corrected chi connectivity index (χ1v) is 6.46. The SMILES string of the molecule is CCC(C)NCc1nc2cc(Br)c(F)cc2[nH]1. The van der Waals surface area contributed by atoms with E-state index in [0.29, 0.717) is 17.1 Å². The lowest BCUT2D eigenvalue weighted by molar-refractivity contribution is 0.525. The van der Waals surface area contributed by atoms with Crippen LogP contribution in [0.15, 0.2) is 16.6 Å². The van der Waals surface area contributed by atoms with E-state index in [1.54, 1.807) is 6.07 Å². The van der Waals surface area contributed by atoms with Crippen molar-refractivity contribution in [3.63, 3.8) is 0 Å². The molecule has 1 heterocycles. The summed E-state index contributed by atoms with van der Waals surface area (Å²) in [5.41, 5.74) is 1.51. The molecule has 0 amide bonds. The second-order valence-electron chi connectivity index (χ2n) is 4.16. The number of halogens is 2. The summed E-state index contributed by atoms with van der Waals surface area (Å²) < 4.78 is 13.8. The third-order valence-electron chi connectivity index (χ3n) is 2.80. The van der Waals surface area contributed by atoms with Crippen LogP contribution in [-0.2, 0) is 6.54 Å². The Morgan fingerprint density at radius 2 is 2.29 bits per heavy atom. The molecule has 0 saturated heterocycles. The van der Waals surface area contributed by atoms with Crippen LogP contribution in [0.5, 0.6) is 0 Å². The molecular weight excluding hydrogens is 285 g/mol. The molecule has 0 aliphatic carbocycles. The van der Waals surface area contributed by atoms with Gasteiger partial charge in [0.15, 0.2) is 0 Å². The summed E-state index contributed by atoms with van der Waals surface area (Å²) >= 11 is 3.15. The molecule has 2 N–H and O–H groups in total. The Hall–Kier alpha value is -0.940. The Bertz CT molecular complexity index is 485. The molecule has 1 aromatic carbocycles. The number of hydrogen-bond donors (Lipinski definition) is 2. The molecule has 1 unspecified atom stereocenters. The van der Waals surface area contributed by atoms with Gasteiger partial charge in [-0.25, -0.2) is 9.37 Å². The van der Waals surface area contributed by atoms with Crippen LogP contribution in [0.4, 0.5) is 4.39 Å². The molecule has 17 heavy (non-hydrogen) atoms. The molecule has 0 bridgehead atoms. The fourth-order valence-electron chi connectivity index (χ4n) is 1.56. The van der Waals surface area contributed by atoms with Crippen molar-refractivity contribution < 1.29 is 4.39 Å². The normalized spacial score (nSPS) is 13.2. The highest BCUT2D eigenvalue weighted by Gasteiger charge is 2.07. The summed E-state index contributed by atoms with van der Waals surface area (Å²) in [5.74, 6) is 0.556. The Morgan fingerprint density at radius 1 is 1.53 bits per heavy atom. The number of nitrogens with zero attached hydrogens (tertiary/aromatic N) is 1. The van der Waals surface area contributed by atoms with Crippen LogP contribution < -0.4 is 5.32 Å². The van der Waals surface area contributed by atoms with Gasteiger partial charge in [0.25, 0.3) is 0 Å². The highest BCUT2D eigenvalue weighted by Crippen LogP contribution is 2.21. The molecule has 2 aromatic rings. The number of fused-ring (bicyclic) bond motifs is 1. The quantitative estimate of drug-likeness (QED) is 0.909. The van der Waals surface area contributed by atoms with E-state index in [2.05, 4.69) is 45.1 Å². The van der Waals surface area contributed by atoms with Crippen LogP contribution in [0, 0.1) is 5.82 Å². The zero-order valence-corrected chi connectivity index (χ0v) is 11.4. The molecule has 0 spiro atoms. The van der Waals surface area contributed by atoms with Crippen LogP contribution in [0.25, 0.3) is 11.0 Å². The summed E-state index contributed by atoms with van der Waals surface area (Å²) in [5, 5.41) is 3.34. The number of aromatic nitrogens is 2. The maximum Gasteiger partial charge on any atom is 0.139 e. The lowest BCUT2D eigenvalue weighted by atomic mass is 10.2. The first-order valence-electron chi connectivity index (χ1n) is 5.67. The summed E-state index contributed by atoms with van der Waals surface area (Å²) in [6.45, 7) is 4.92. The van der Waals surface area contributed by atoms with Crippen molar-refractivity contribution in [1.82, 2.24) is 15.3 Å². The summed E-state index contributed by atoms with van der Waals surface area (Å²) in [7, 11) is 0. The van der Waals surface area contributed by atoms with E-state index in [4.69, 9.17) is 0 Å². The van der Waals surface area contributed by atoms with Crippen molar-refractivity contribution >= 4 is 27.0 Å². The van der Waals surface area contributed by atoms with Crippen molar-refractivity contribution in [2.24, 2.45) is 0 Å². The smallest absolute Gasteiger partial charge is 0.139 e. The van der Waals surface area contributed by atoms with E-state index in [-0.39, 0.29) is 5.82 Å². The van der Waals surface area contributed by atoms with Gasteiger partial charge in [0.2, 0.25) is 0 Å². The highest BCUT2D eigenvalue weighted by atomic mass is 79.9. The van der Waals surface area contributed by atoms with Gasteiger partial charge in [-0.3, -0.25) is 0 Å². The van der Waals surface area contributed by atoms with E-state index in [9.17, 15) is 4.39 Å². The molecule has 92 valence electrons.